The van der Waals surface area contributed by atoms with Crippen LogP contribution in [0.25, 0.3) is 0 Å². The topological polar surface area (TPSA) is 30.5 Å². The molecule has 1 aliphatic heterocycles. The van der Waals surface area contributed by atoms with Crippen LogP contribution in [0.3, 0.4) is 0 Å². The highest BCUT2D eigenvalue weighted by molar-refractivity contribution is 5.85. The summed E-state index contributed by atoms with van der Waals surface area (Å²) in [7, 11) is 3.55. The summed E-state index contributed by atoms with van der Waals surface area (Å²) < 4.78 is 11.2. The SMILES string of the molecule is COC1=C2CCC3NCCCC3=C2C(OC)C=C1.Cl. The molecule has 0 aromatic heterocycles. The number of ether oxygens (including phenoxy) is 2. The molecule has 1 saturated heterocycles. The highest BCUT2D eigenvalue weighted by Crippen LogP contribution is 2.40. The first-order valence-electron chi connectivity index (χ1n) is 6.80. The van der Waals surface area contributed by atoms with Crippen LogP contribution in [0.2, 0.25) is 0 Å². The highest BCUT2D eigenvalue weighted by Gasteiger charge is 2.34. The average Bonchev–Trinajstić information content (AvgIpc) is 2.45. The molecule has 3 nitrogen and oxygen atoms in total. The number of fused-ring (bicyclic) bond motifs is 2. The smallest absolute Gasteiger partial charge is 0.122 e. The first kappa shape index (κ1) is 14.6. The molecule has 1 fully saturated rings. The van der Waals surface area contributed by atoms with Gasteiger partial charge < -0.3 is 14.8 Å². The molecule has 0 radical (unpaired) electrons. The Morgan fingerprint density at radius 1 is 1.26 bits per heavy atom. The van der Waals surface area contributed by atoms with Crippen molar-refractivity contribution in [1.82, 2.24) is 5.32 Å². The number of allylic oxidation sites excluding steroid dienone is 1. The summed E-state index contributed by atoms with van der Waals surface area (Å²) in [4.78, 5) is 0. The Hall–Kier alpha value is -0.770. The van der Waals surface area contributed by atoms with Crippen LogP contribution >= 0.6 is 12.4 Å². The molecule has 106 valence electrons. The fourth-order valence-corrected chi connectivity index (χ4v) is 3.44. The standard InChI is InChI=1S/C15H21NO2.ClH/c1-17-13-7-8-14(18-2)15-10-4-3-9-16-12(10)6-5-11(13)15;/h7-8,12,14,16H,3-6,9H2,1-2H3;1H. The Labute approximate surface area is 121 Å². The summed E-state index contributed by atoms with van der Waals surface area (Å²) in [5, 5.41) is 3.63. The minimum atomic E-state index is 0. The lowest BCUT2D eigenvalue weighted by molar-refractivity contribution is 0.162. The Morgan fingerprint density at radius 3 is 2.84 bits per heavy atom. The lowest BCUT2D eigenvalue weighted by Crippen LogP contribution is -2.41. The van der Waals surface area contributed by atoms with E-state index in [1.54, 1.807) is 19.8 Å². The monoisotopic (exact) mass is 283 g/mol. The second-order valence-corrected chi connectivity index (χ2v) is 5.15. The normalized spacial score (nSPS) is 29.6. The second-order valence-electron chi connectivity index (χ2n) is 5.15. The summed E-state index contributed by atoms with van der Waals surface area (Å²) in [6.07, 6.45) is 8.98. The predicted octanol–water partition coefficient (Wildman–Crippen LogP) is 2.74. The molecule has 0 spiro atoms. The maximum absolute atomic E-state index is 5.64. The Kier molecular flexibility index (Phi) is 4.71. The molecule has 1 N–H and O–H groups in total. The van der Waals surface area contributed by atoms with E-state index in [2.05, 4.69) is 17.5 Å². The number of rotatable bonds is 2. The number of nitrogens with one attached hydrogen (secondary N) is 1. The zero-order valence-electron chi connectivity index (χ0n) is 11.6. The van der Waals surface area contributed by atoms with Gasteiger partial charge in [0.1, 0.15) is 11.9 Å². The van der Waals surface area contributed by atoms with Crippen molar-refractivity contribution in [2.24, 2.45) is 0 Å². The maximum Gasteiger partial charge on any atom is 0.122 e. The van der Waals surface area contributed by atoms with E-state index < -0.39 is 0 Å². The van der Waals surface area contributed by atoms with Gasteiger partial charge in [0.2, 0.25) is 0 Å². The van der Waals surface area contributed by atoms with E-state index in [1.807, 2.05) is 0 Å². The van der Waals surface area contributed by atoms with Crippen LogP contribution in [0.15, 0.2) is 34.6 Å². The van der Waals surface area contributed by atoms with E-state index >= 15 is 0 Å². The fourth-order valence-electron chi connectivity index (χ4n) is 3.44. The van der Waals surface area contributed by atoms with Crippen LogP contribution in [-0.2, 0) is 9.47 Å². The number of hydrogen-bond donors (Lipinski definition) is 1. The van der Waals surface area contributed by atoms with Crippen LogP contribution in [0.1, 0.15) is 25.7 Å². The van der Waals surface area contributed by atoms with Crippen LogP contribution in [-0.4, -0.2) is 32.9 Å². The molecule has 0 bridgehead atoms. The molecule has 0 aromatic carbocycles. The number of piperidine rings is 1. The van der Waals surface area contributed by atoms with E-state index in [9.17, 15) is 0 Å². The molecule has 19 heavy (non-hydrogen) atoms. The number of hydrogen-bond acceptors (Lipinski definition) is 3. The molecule has 3 aliphatic rings. The third kappa shape index (κ3) is 2.47. The zero-order valence-corrected chi connectivity index (χ0v) is 12.4. The third-order valence-electron chi connectivity index (χ3n) is 4.27. The molecule has 0 saturated carbocycles. The predicted molar refractivity (Wildman–Crippen MR) is 78.5 cm³/mol. The van der Waals surface area contributed by atoms with Crippen molar-refractivity contribution < 1.29 is 9.47 Å². The van der Waals surface area contributed by atoms with Crippen molar-refractivity contribution in [3.8, 4) is 0 Å². The first-order chi connectivity index (χ1) is 8.85. The quantitative estimate of drug-likeness (QED) is 0.845. The van der Waals surface area contributed by atoms with Gasteiger partial charge in [-0.1, -0.05) is 0 Å². The van der Waals surface area contributed by atoms with Gasteiger partial charge in [0.25, 0.3) is 0 Å². The number of methoxy groups -OCH3 is 2. The van der Waals surface area contributed by atoms with Gasteiger partial charge in [-0.3, -0.25) is 0 Å². The fraction of sp³-hybridized carbons (Fsp3) is 0.600. The van der Waals surface area contributed by atoms with Crippen molar-refractivity contribution in [2.75, 3.05) is 20.8 Å². The van der Waals surface area contributed by atoms with Crippen molar-refractivity contribution in [3.05, 3.63) is 34.6 Å². The Morgan fingerprint density at radius 2 is 2.11 bits per heavy atom. The minimum Gasteiger partial charge on any atom is -0.496 e. The lowest BCUT2D eigenvalue weighted by atomic mass is 9.76. The second kappa shape index (κ2) is 6.12. The summed E-state index contributed by atoms with van der Waals surface area (Å²) in [6.45, 7) is 1.14. The molecule has 2 unspecified atom stereocenters. The van der Waals surface area contributed by atoms with Crippen LogP contribution in [0.4, 0.5) is 0 Å². The maximum atomic E-state index is 5.64. The van der Waals surface area contributed by atoms with Crippen LogP contribution in [0, 0.1) is 0 Å². The van der Waals surface area contributed by atoms with Crippen molar-refractivity contribution in [1.29, 1.82) is 0 Å². The Balaban J connectivity index is 0.00000133. The summed E-state index contributed by atoms with van der Waals surface area (Å²) in [5.74, 6) is 1.02. The molecule has 0 amide bonds. The summed E-state index contributed by atoms with van der Waals surface area (Å²) >= 11 is 0. The minimum absolute atomic E-state index is 0. The molecule has 3 rings (SSSR count). The number of halogens is 1. The van der Waals surface area contributed by atoms with Crippen LogP contribution < -0.4 is 5.32 Å². The van der Waals surface area contributed by atoms with Gasteiger partial charge in [-0.05, 0) is 55.5 Å². The molecule has 0 aromatic rings. The molecule has 2 atom stereocenters. The van der Waals surface area contributed by atoms with Gasteiger partial charge >= 0.3 is 0 Å². The van der Waals surface area contributed by atoms with Gasteiger partial charge in [0, 0.05) is 18.7 Å². The summed E-state index contributed by atoms with van der Waals surface area (Å²) in [6, 6.07) is 0.555. The Bertz CT molecular complexity index is 439. The van der Waals surface area contributed by atoms with E-state index in [-0.39, 0.29) is 18.5 Å². The van der Waals surface area contributed by atoms with E-state index in [1.165, 1.54) is 30.4 Å². The van der Waals surface area contributed by atoms with Crippen molar-refractivity contribution in [2.45, 2.75) is 37.8 Å². The lowest BCUT2D eigenvalue weighted by Gasteiger charge is -2.38. The van der Waals surface area contributed by atoms with Crippen molar-refractivity contribution in [3.63, 3.8) is 0 Å². The molecule has 1 heterocycles. The third-order valence-corrected chi connectivity index (χ3v) is 4.27. The van der Waals surface area contributed by atoms with Gasteiger partial charge in [-0.25, -0.2) is 0 Å². The van der Waals surface area contributed by atoms with Crippen LogP contribution in [0.5, 0.6) is 0 Å². The van der Waals surface area contributed by atoms with E-state index in [4.69, 9.17) is 9.47 Å². The van der Waals surface area contributed by atoms with Gasteiger partial charge in [-0.15, -0.1) is 12.4 Å². The molecular formula is C15H22ClNO2. The zero-order chi connectivity index (χ0) is 12.5. The van der Waals surface area contributed by atoms with Gasteiger partial charge in [0.15, 0.2) is 0 Å². The highest BCUT2D eigenvalue weighted by atomic mass is 35.5. The van der Waals surface area contributed by atoms with E-state index in [0.717, 1.165) is 18.7 Å². The van der Waals surface area contributed by atoms with E-state index in [0.29, 0.717) is 6.04 Å². The van der Waals surface area contributed by atoms with Gasteiger partial charge in [0.05, 0.1) is 7.11 Å². The largest absolute Gasteiger partial charge is 0.496 e. The molecule has 4 heteroatoms. The average molecular weight is 284 g/mol. The summed E-state index contributed by atoms with van der Waals surface area (Å²) in [5.41, 5.74) is 4.30. The molecular weight excluding hydrogens is 262 g/mol. The van der Waals surface area contributed by atoms with Crippen molar-refractivity contribution >= 4 is 12.4 Å². The molecule has 2 aliphatic carbocycles. The first-order valence-corrected chi connectivity index (χ1v) is 6.80. The van der Waals surface area contributed by atoms with Gasteiger partial charge in [-0.2, -0.15) is 0 Å².